The Morgan fingerprint density at radius 1 is 1.03 bits per heavy atom. The molecular weight excluding hydrogens is 414 g/mol. The minimum atomic E-state index is -0.148. The largest absolute Gasteiger partial charge is 0.493 e. The Morgan fingerprint density at radius 3 is 2.70 bits per heavy atom. The van der Waals surface area contributed by atoms with Crippen molar-refractivity contribution >= 4 is 11.6 Å². The van der Waals surface area contributed by atoms with Gasteiger partial charge in [-0.25, -0.2) is 4.98 Å². The van der Waals surface area contributed by atoms with E-state index in [1.165, 1.54) is 16.7 Å². The summed E-state index contributed by atoms with van der Waals surface area (Å²) in [6, 6.07) is 17.5. The lowest BCUT2D eigenvalue weighted by molar-refractivity contribution is 0.0950. The molecule has 170 valence electrons. The third-order valence-corrected chi connectivity index (χ3v) is 5.56. The first-order valence-electron chi connectivity index (χ1n) is 11.2. The molecule has 2 aromatic carbocycles. The van der Waals surface area contributed by atoms with E-state index in [1.54, 1.807) is 6.07 Å². The number of rotatable bonds is 9. The van der Waals surface area contributed by atoms with Crippen LogP contribution < -0.4 is 14.8 Å². The average Bonchev–Trinajstić information content (AvgIpc) is 3.24. The Balaban J connectivity index is 1.42. The molecule has 33 heavy (non-hydrogen) atoms. The van der Waals surface area contributed by atoms with Gasteiger partial charge in [0.1, 0.15) is 12.4 Å². The Kier molecular flexibility index (Phi) is 6.93. The van der Waals surface area contributed by atoms with Gasteiger partial charge in [-0.15, -0.1) is 0 Å². The lowest BCUT2D eigenvalue weighted by atomic mass is 10.1. The average molecular weight is 444 g/mol. The lowest BCUT2D eigenvalue weighted by Gasteiger charge is -2.11. The molecule has 4 aromatic rings. The summed E-state index contributed by atoms with van der Waals surface area (Å²) < 4.78 is 13.7. The number of hydrogen-bond acceptors (Lipinski definition) is 4. The molecule has 2 aromatic heterocycles. The van der Waals surface area contributed by atoms with Crippen LogP contribution in [0.25, 0.3) is 5.65 Å². The topological polar surface area (TPSA) is 64.9 Å². The number of nitrogens with one attached hydrogen (secondary N) is 1. The van der Waals surface area contributed by atoms with E-state index in [1.807, 2.05) is 54.0 Å². The van der Waals surface area contributed by atoms with Crippen molar-refractivity contribution in [1.29, 1.82) is 0 Å². The molecule has 2 heterocycles. The fourth-order valence-corrected chi connectivity index (χ4v) is 3.78. The number of para-hydroxylation sites is 1. The maximum atomic E-state index is 12.6. The molecule has 6 heteroatoms. The summed E-state index contributed by atoms with van der Waals surface area (Å²) in [4.78, 5) is 17.2. The fraction of sp³-hybridized carbons (Fsp3) is 0.259. The number of benzene rings is 2. The number of amides is 1. The van der Waals surface area contributed by atoms with Gasteiger partial charge in [-0.2, -0.15) is 0 Å². The van der Waals surface area contributed by atoms with E-state index in [2.05, 4.69) is 42.3 Å². The van der Waals surface area contributed by atoms with E-state index in [9.17, 15) is 4.79 Å². The Bertz CT molecular complexity index is 1260. The van der Waals surface area contributed by atoms with Gasteiger partial charge in [-0.3, -0.25) is 4.79 Å². The second-order valence-corrected chi connectivity index (χ2v) is 7.97. The molecule has 0 aliphatic rings. The fourth-order valence-electron chi connectivity index (χ4n) is 3.78. The van der Waals surface area contributed by atoms with Gasteiger partial charge < -0.3 is 19.2 Å². The highest BCUT2D eigenvalue weighted by Gasteiger charge is 2.13. The molecule has 6 nitrogen and oxygen atoms in total. The summed E-state index contributed by atoms with van der Waals surface area (Å²) in [5.41, 5.74) is 5.90. The molecule has 0 spiro atoms. The highest BCUT2D eigenvalue weighted by atomic mass is 16.5. The number of pyridine rings is 1. The van der Waals surface area contributed by atoms with Crippen LogP contribution in [0, 0.1) is 13.8 Å². The van der Waals surface area contributed by atoms with E-state index in [0.29, 0.717) is 37.5 Å². The van der Waals surface area contributed by atoms with Crippen molar-refractivity contribution in [1.82, 2.24) is 14.7 Å². The number of carbonyl (C=O) groups is 1. The van der Waals surface area contributed by atoms with Crippen LogP contribution in [0.4, 0.5) is 0 Å². The molecule has 0 unspecified atom stereocenters. The van der Waals surface area contributed by atoms with Gasteiger partial charge in [0.2, 0.25) is 0 Å². The van der Waals surface area contributed by atoms with Gasteiger partial charge in [0.15, 0.2) is 11.4 Å². The molecule has 4 rings (SSSR count). The summed E-state index contributed by atoms with van der Waals surface area (Å²) in [6.45, 7) is 7.57. The Morgan fingerprint density at radius 2 is 1.85 bits per heavy atom. The molecule has 0 saturated heterocycles. The van der Waals surface area contributed by atoms with Crippen molar-refractivity contribution in [3.05, 3.63) is 94.9 Å². The van der Waals surface area contributed by atoms with Crippen LogP contribution in [-0.4, -0.2) is 28.4 Å². The van der Waals surface area contributed by atoms with E-state index in [0.717, 1.165) is 17.1 Å². The SMILES string of the molecule is CCOc1ccccc1C(=O)NCCc1cnc2c(OCc3cc(C)ccc3C)cccn12. The first kappa shape index (κ1) is 22.4. The second-order valence-electron chi connectivity index (χ2n) is 7.97. The third-order valence-electron chi connectivity index (χ3n) is 5.56. The van der Waals surface area contributed by atoms with Crippen molar-refractivity contribution in [3.63, 3.8) is 0 Å². The molecule has 1 amide bonds. The Hall–Kier alpha value is -3.80. The van der Waals surface area contributed by atoms with Crippen molar-refractivity contribution in [3.8, 4) is 11.5 Å². The quantitative estimate of drug-likeness (QED) is 0.400. The van der Waals surface area contributed by atoms with E-state index in [-0.39, 0.29) is 5.91 Å². The van der Waals surface area contributed by atoms with E-state index in [4.69, 9.17) is 9.47 Å². The number of imidazole rings is 1. The first-order valence-corrected chi connectivity index (χ1v) is 11.2. The maximum absolute atomic E-state index is 12.6. The zero-order valence-corrected chi connectivity index (χ0v) is 19.3. The monoisotopic (exact) mass is 443 g/mol. The predicted octanol–water partition coefficient (Wildman–Crippen LogP) is 4.90. The van der Waals surface area contributed by atoms with Gasteiger partial charge >= 0.3 is 0 Å². The zero-order chi connectivity index (χ0) is 23.2. The number of fused-ring (bicyclic) bond motifs is 1. The van der Waals surface area contributed by atoms with E-state index < -0.39 is 0 Å². The summed E-state index contributed by atoms with van der Waals surface area (Å²) >= 11 is 0. The zero-order valence-electron chi connectivity index (χ0n) is 19.3. The van der Waals surface area contributed by atoms with Gasteiger partial charge in [-0.1, -0.05) is 35.9 Å². The number of aromatic nitrogens is 2. The van der Waals surface area contributed by atoms with Gasteiger partial charge in [-0.05, 0) is 56.2 Å². The number of nitrogens with zero attached hydrogens (tertiary/aromatic N) is 2. The molecule has 0 saturated carbocycles. The van der Waals surface area contributed by atoms with Crippen molar-refractivity contribution in [2.24, 2.45) is 0 Å². The van der Waals surface area contributed by atoms with Crippen LogP contribution in [-0.2, 0) is 13.0 Å². The molecule has 0 aliphatic heterocycles. The predicted molar refractivity (Wildman–Crippen MR) is 129 cm³/mol. The van der Waals surface area contributed by atoms with Crippen LogP contribution in [0.15, 0.2) is 67.0 Å². The normalized spacial score (nSPS) is 10.9. The molecule has 0 fully saturated rings. The standard InChI is InChI=1S/C27H29N3O3/c1-4-32-24-9-6-5-8-23(24)27(31)28-14-13-22-17-29-26-25(10-7-15-30(22)26)33-18-21-16-19(2)11-12-20(21)3/h5-12,15-17H,4,13-14,18H2,1-3H3,(H,28,31). The molecule has 1 N–H and O–H groups in total. The number of hydrogen-bond donors (Lipinski definition) is 1. The third kappa shape index (κ3) is 5.17. The van der Waals surface area contributed by atoms with Crippen LogP contribution in [0.5, 0.6) is 11.5 Å². The number of aryl methyl sites for hydroxylation is 2. The van der Waals surface area contributed by atoms with Crippen molar-refractivity contribution in [2.75, 3.05) is 13.2 Å². The molecule has 0 radical (unpaired) electrons. The molecule has 0 atom stereocenters. The summed E-state index contributed by atoms with van der Waals surface area (Å²) in [5.74, 6) is 1.18. The van der Waals surface area contributed by atoms with Crippen LogP contribution in [0.3, 0.4) is 0 Å². The molecule has 0 aliphatic carbocycles. The smallest absolute Gasteiger partial charge is 0.255 e. The molecular formula is C27H29N3O3. The lowest BCUT2D eigenvalue weighted by Crippen LogP contribution is -2.26. The summed E-state index contributed by atoms with van der Waals surface area (Å²) in [6.07, 6.45) is 4.44. The van der Waals surface area contributed by atoms with Crippen LogP contribution >= 0.6 is 0 Å². The van der Waals surface area contributed by atoms with Crippen LogP contribution in [0.1, 0.15) is 39.7 Å². The molecule has 0 bridgehead atoms. The van der Waals surface area contributed by atoms with E-state index >= 15 is 0 Å². The minimum Gasteiger partial charge on any atom is -0.493 e. The van der Waals surface area contributed by atoms with Gasteiger partial charge in [0.25, 0.3) is 5.91 Å². The maximum Gasteiger partial charge on any atom is 0.255 e. The number of ether oxygens (including phenoxy) is 2. The van der Waals surface area contributed by atoms with Crippen molar-refractivity contribution < 1.29 is 14.3 Å². The summed E-state index contributed by atoms with van der Waals surface area (Å²) in [7, 11) is 0. The minimum absolute atomic E-state index is 0.148. The van der Waals surface area contributed by atoms with Gasteiger partial charge in [0, 0.05) is 31.1 Å². The van der Waals surface area contributed by atoms with Gasteiger partial charge in [0.05, 0.1) is 12.2 Å². The van der Waals surface area contributed by atoms with Crippen molar-refractivity contribution in [2.45, 2.75) is 33.8 Å². The second kappa shape index (κ2) is 10.2. The number of carbonyl (C=O) groups excluding carboxylic acids is 1. The highest BCUT2D eigenvalue weighted by molar-refractivity contribution is 5.96. The summed E-state index contributed by atoms with van der Waals surface area (Å²) in [5, 5.41) is 2.98. The Labute approximate surface area is 194 Å². The van der Waals surface area contributed by atoms with Crippen LogP contribution in [0.2, 0.25) is 0 Å². The first-order chi connectivity index (χ1) is 16.1. The highest BCUT2D eigenvalue weighted by Crippen LogP contribution is 2.22.